The van der Waals surface area contributed by atoms with Crippen molar-refractivity contribution in [2.75, 3.05) is 18.8 Å². The van der Waals surface area contributed by atoms with Crippen LogP contribution in [0.3, 0.4) is 0 Å². The number of hydrogen-bond acceptors (Lipinski definition) is 7. The first kappa shape index (κ1) is 17.1. The highest BCUT2D eigenvalue weighted by Gasteiger charge is 2.57. The molecule has 2 rings (SSSR count). The van der Waals surface area contributed by atoms with Gasteiger partial charge in [-0.25, -0.2) is 4.79 Å². The lowest BCUT2D eigenvalue weighted by Gasteiger charge is -2.43. The van der Waals surface area contributed by atoms with Gasteiger partial charge < -0.3 is 21.3 Å². The minimum atomic E-state index is -1.17. The lowest BCUT2D eigenvalue weighted by Crippen LogP contribution is -2.60. The number of thioether (sulfide) groups is 2. The SMILES string of the molecule is CC(O)[C@H]1C(=O)N2C(C(=O)O)=C(SCCNC(=O)CN)S[C@H]12. The minimum Gasteiger partial charge on any atom is -0.477 e. The van der Waals surface area contributed by atoms with Gasteiger partial charge in [0.05, 0.1) is 22.8 Å². The molecule has 1 unspecified atom stereocenters. The average molecular weight is 347 g/mol. The Kier molecular flexibility index (Phi) is 5.37. The van der Waals surface area contributed by atoms with Gasteiger partial charge in [0.25, 0.3) is 0 Å². The molecule has 122 valence electrons. The molecule has 5 N–H and O–H groups in total. The zero-order valence-electron chi connectivity index (χ0n) is 11.8. The van der Waals surface area contributed by atoms with Gasteiger partial charge in [0, 0.05) is 12.3 Å². The molecule has 0 bridgehead atoms. The van der Waals surface area contributed by atoms with E-state index in [1.54, 1.807) is 0 Å². The molecule has 0 aliphatic carbocycles. The van der Waals surface area contributed by atoms with E-state index in [1.807, 2.05) is 0 Å². The predicted octanol–water partition coefficient (Wildman–Crippen LogP) is -1.04. The van der Waals surface area contributed by atoms with E-state index >= 15 is 0 Å². The summed E-state index contributed by atoms with van der Waals surface area (Å²) in [4.78, 5) is 35.6. The standard InChI is InChI=1S/C12H17N3O5S2/c1-5(16)7-9(18)15-8(11(19)20)12(22-10(7)15)21-3-2-14-6(17)4-13/h5,7,10,16H,2-4,13H2,1H3,(H,14,17)(H,19,20)/t5?,7-,10+/m0/s1. The van der Waals surface area contributed by atoms with E-state index in [4.69, 9.17) is 5.73 Å². The predicted molar refractivity (Wildman–Crippen MR) is 82.6 cm³/mol. The lowest BCUT2D eigenvalue weighted by atomic mass is 9.92. The summed E-state index contributed by atoms with van der Waals surface area (Å²) in [6, 6.07) is 0. The number of carbonyl (C=O) groups excluding carboxylic acids is 2. The summed E-state index contributed by atoms with van der Waals surface area (Å²) in [5, 5.41) is 21.1. The number of β-lactam (4-membered cyclic amide) rings is 1. The third-order valence-corrected chi connectivity index (χ3v) is 5.97. The Balaban J connectivity index is 2.00. The van der Waals surface area contributed by atoms with E-state index in [0.717, 1.165) is 0 Å². The van der Waals surface area contributed by atoms with E-state index < -0.39 is 18.0 Å². The quantitative estimate of drug-likeness (QED) is 0.339. The molecule has 10 heteroatoms. The van der Waals surface area contributed by atoms with Gasteiger partial charge in [0.15, 0.2) is 5.70 Å². The maximum Gasteiger partial charge on any atom is 0.354 e. The number of aliphatic hydroxyl groups excluding tert-OH is 1. The summed E-state index contributed by atoms with van der Waals surface area (Å²) in [5.41, 5.74) is 5.13. The zero-order chi connectivity index (χ0) is 16.4. The van der Waals surface area contributed by atoms with E-state index in [1.165, 1.54) is 35.3 Å². The van der Waals surface area contributed by atoms with Crippen molar-refractivity contribution in [3.05, 3.63) is 9.93 Å². The van der Waals surface area contributed by atoms with Crippen LogP contribution >= 0.6 is 23.5 Å². The van der Waals surface area contributed by atoms with Crippen LogP contribution < -0.4 is 11.1 Å². The van der Waals surface area contributed by atoms with Crippen LogP contribution in [-0.4, -0.2) is 63.2 Å². The molecule has 1 fully saturated rings. The summed E-state index contributed by atoms with van der Waals surface area (Å²) >= 11 is 2.54. The molecular formula is C12H17N3O5S2. The highest BCUT2D eigenvalue weighted by molar-refractivity contribution is 8.22. The van der Waals surface area contributed by atoms with Gasteiger partial charge in [0.1, 0.15) is 5.37 Å². The molecule has 0 aromatic rings. The first-order valence-corrected chi connectivity index (χ1v) is 8.50. The van der Waals surface area contributed by atoms with Crippen LogP contribution in [0.2, 0.25) is 0 Å². The van der Waals surface area contributed by atoms with Crippen molar-refractivity contribution < 1.29 is 24.6 Å². The smallest absolute Gasteiger partial charge is 0.354 e. The molecule has 0 aromatic heterocycles. The topological polar surface area (TPSA) is 133 Å². The van der Waals surface area contributed by atoms with Gasteiger partial charge in [-0.05, 0) is 6.92 Å². The summed E-state index contributed by atoms with van der Waals surface area (Å²) in [5.74, 6) is -1.91. The molecular weight excluding hydrogens is 330 g/mol. The van der Waals surface area contributed by atoms with Crippen LogP contribution in [0, 0.1) is 5.92 Å². The number of nitrogens with one attached hydrogen (secondary N) is 1. The number of amides is 2. The molecule has 8 nitrogen and oxygen atoms in total. The van der Waals surface area contributed by atoms with Crippen LogP contribution in [0.25, 0.3) is 0 Å². The molecule has 0 aromatic carbocycles. The lowest BCUT2D eigenvalue weighted by molar-refractivity contribution is -0.156. The second kappa shape index (κ2) is 6.90. The molecule has 2 heterocycles. The van der Waals surface area contributed by atoms with E-state index in [2.05, 4.69) is 5.32 Å². The average Bonchev–Trinajstić information content (AvgIpc) is 2.77. The molecule has 1 saturated heterocycles. The number of carboxylic acid groups (broad SMARTS) is 1. The molecule has 2 amide bonds. The Labute approximate surface area is 135 Å². The van der Waals surface area contributed by atoms with Crippen molar-refractivity contribution in [1.82, 2.24) is 10.2 Å². The summed E-state index contributed by atoms with van der Waals surface area (Å²) in [6.45, 7) is 1.79. The van der Waals surface area contributed by atoms with E-state index in [9.17, 15) is 24.6 Å². The molecule has 3 atom stereocenters. The van der Waals surface area contributed by atoms with Gasteiger partial charge in [-0.3, -0.25) is 14.5 Å². The molecule has 0 radical (unpaired) electrons. The van der Waals surface area contributed by atoms with Crippen LogP contribution in [0.15, 0.2) is 9.93 Å². The maximum atomic E-state index is 12.0. The number of nitrogens with zero attached hydrogens (tertiary/aromatic N) is 1. The number of fused-ring (bicyclic) bond motifs is 1. The number of aliphatic carboxylic acids is 1. The number of aliphatic hydroxyl groups is 1. The summed E-state index contributed by atoms with van der Waals surface area (Å²) < 4.78 is 0.524. The second-order valence-electron chi connectivity index (χ2n) is 4.83. The summed E-state index contributed by atoms with van der Waals surface area (Å²) in [7, 11) is 0. The fourth-order valence-electron chi connectivity index (χ4n) is 2.26. The Morgan fingerprint density at radius 2 is 2.23 bits per heavy atom. The van der Waals surface area contributed by atoms with Gasteiger partial charge in [-0.2, -0.15) is 0 Å². The second-order valence-corrected chi connectivity index (χ2v) is 7.32. The molecule has 2 aliphatic rings. The highest BCUT2D eigenvalue weighted by atomic mass is 32.2. The number of rotatable bonds is 7. The third kappa shape index (κ3) is 3.09. The van der Waals surface area contributed by atoms with Crippen LogP contribution in [0.1, 0.15) is 6.92 Å². The molecule has 2 aliphatic heterocycles. The van der Waals surface area contributed by atoms with Gasteiger partial charge in [0.2, 0.25) is 11.8 Å². The third-order valence-electron chi connectivity index (χ3n) is 3.31. The Hall–Kier alpha value is -1.23. The van der Waals surface area contributed by atoms with Crippen molar-refractivity contribution in [1.29, 1.82) is 0 Å². The number of carboxylic acids is 1. The maximum absolute atomic E-state index is 12.0. The fraction of sp³-hybridized carbons (Fsp3) is 0.583. The van der Waals surface area contributed by atoms with Gasteiger partial charge in [-0.15, -0.1) is 11.8 Å². The van der Waals surface area contributed by atoms with Crippen molar-refractivity contribution in [3.63, 3.8) is 0 Å². The van der Waals surface area contributed by atoms with E-state index in [0.29, 0.717) is 16.5 Å². The van der Waals surface area contributed by atoms with E-state index in [-0.39, 0.29) is 29.4 Å². The summed E-state index contributed by atoms with van der Waals surface area (Å²) in [6.07, 6.45) is -0.815. The molecule has 0 saturated carbocycles. The number of carbonyl (C=O) groups is 3. The fourth-order valence-corrected chi connectivity index (χ4v) is 5.11. The number of nitrogens with two attached hydrogens (primary N) is 1. The Bertz CT molecular complexity index is 537. The zero-order valence-corrected chi connectivity index (χ0v) is 13.4. The van der Waals surface area contributed by atoms with Crippen molar-refractivity contribution in [2.45, 2.75) is 18.4 Å². The van der Waals surface area contributed by atoms with Crippen LogP contribution in [0.4, 0.5) is 0 Å². The van der Waals surface area contributed by atoms with Gasteiger partial charge in [-0.1, -0.05) is 11.8 Å². The monoisotopic (exact) mass is 347 g/mol. The Morgan fingerprint density at radius 3 is 2.77 bits per heavy atom. The van der Waals surface area contributed by atoms with Gasteiger partial charge >= 0.3 is 5.97 Å². The largest absolute Gasteiger partial charge is 0.477 e. The van der Waals surface area contributed by atoms with Crippen LogP contribution in [0.5, 0.6) is 0 Å². The highest BCUT2D eigenvalue weighted by Crippen LogP contribution is 2.53. The number of hydrogen-bond donors (Lipinski definition) is 4. The van der Waals surface area contributed by atoms with Crippen molar-refractivity contribution in [3.8, 4) is 0 Å². The Morgan fingerprint density at radius 1 is 1.55 bits per heavy atom. The minimum absolute atomic E-state index is 0.0351. The van der Waals surface area contributed by atoms with Crippen molar-refractivity contribution >= 4 is 41.3 Å². The van der Waals surface area contributed by atoms with Crippen LogP contribution in [-0.2, 0) is 14.4 Å². The first-order valence-electron chi connectivity index (χ1n) is 6.63. The first-order chi connectivity index (χ1) is 10.4. The molecule has 22 heavy (non-hydrogen) atoms. The molecule has 0 spiro atoms. The normalized spacial score (nSPS) is 24.9. The van der Waals surface area contributed by atoms with Crippen molar-refractivity contribution in [2.24, 2.45) is 11.7 Å².